The maximum absolute atomic E-state index is 12.2. The third kappa shape index (κ3) is 1.57. The third-order valence-corrected chi connectivity index (χ3v) is 3.65. The van der Waals surface area contributed by atoms with Crippen LogP contribution in [-0.4, -0.2) is 4.98 Å². The smallest absolute Gasteiger partial charge is 0.248 e. The Labute approximate surface area is 77.6 Å². The minimum Gasteiger partial charge on any atom is -0.248 e. The van der Waals surface area contributed by atoms with Gasteiger partial charge in [0.15, 0.2) is 0 Å². The molecule has 13 heavy (non-hydrogen) atoms. The number of thiazole rings is 1. The van der Waals surface area contributed by atoms with E-state index >= 15 is 0 Å². The van der Waals surface area contributed by atoms with Crippen molar-refractivity contribution in [3.8, 4) is 0 Å². The van der Waals surface area contributed by atoms with Crippen molar-refractivity contribution in [1.82, 2.24) is 4.98 Å². The van der Waals surface area contributed by atoms with Gasteiger partial charge in [-0.25, -0.2) is 4.98 Å². The zero-order chi connectivity index (χ0) is 9.69. The Bertz CT molecular complexity index is 305. The summed E-state index contributed by atoms with van der Waals surface area (Å²) in [5.41, 5.74) is -0.0613. The molecule has 0 radical (unpaired) electrons. The Morgan fingerprint density at radius 2 is 2.08 bits per heavy atom. The molecule has 0 amide bonds. The molecular formula is C8H8F3NS. The van der Waals surface area contributed by atoms with Gasteiger partial charge in [0.2, 0.25) is 0 Å². The molecule has 0 spiro atoms. The summed E-state index contributed by atoms with van der Waals surface area (Å²) in [5, 5.41) is 0.625. The van der Waals surface area contributed by atoms with Gasteiger partial charge in [0, 0.05) is 5.41 Å². The number of aromatic nitrogens is 1. The number of halogens is 3. The second-order valence-corrected chi connectivity index (χ2v) is 4.62. The molecule has 0 N–H and O–H groups in total. The second-order valence-electron chi connectivity index (χ2n) is 3.59. The molecule has 0 unspecified atom stereocenters. The van der Waals surface area contributed by atoms with Crippen LogP contribution in [0.15, 0.2) is 6.20 Å². The van der Waals surface area contributed by atoms with Gasteiger partial charge in [-0.1, -0.05) is 6.92 Å². The molecular weight excluding hydrogens is 199 g/mol. The lowest BCUT2D eigenvalue weighted by Gasteiger charge is -2.02. The SMILES string of the molecule is CC1(c2ncc(C(F)(F)F)s2)CC1. The fourth-order valence-electron chi connectivity index (χ4n) is 1.09. The molecule has 1 saturated carbocycles. The van der Waals surface area contributed by atoms with Gasteiger partial charge >= 0.3 is 6.18 Å². The number of hydrogen-bond donors (Lipinski definition) is 0. The molecule has 2 rings (SSSR count). The maximum atomic E-state index is 12.2. The third-order valence-electron chi connectivity index (χ3n) is 2.30. The van der Waals surface area contributed by atoms with E-state index in [0.29, 0.717) is 5.01 Å². The Morgan fingerprint density at radius 3 is 2.46 bits per heavy atom. The molecule has 1 aromatic heterocycles. The monoisotopic (exact) mass is 207 g/mol. The molecule has 0 aromatic carbocycles. The Balaban J connectivity index is 2.29. The summed E-state index contributed by atoms with van der Waals surface area (Å²) in [6, 6.07) is 0. The average Bonchev–Trinajstić information content (AvgIpc) is 2.60. The van der Waals surface area contributed by atoms with Crippen LogP contribution in [0.25, 0.3) is 0 Å². The van der Waals surface area contributed by atoms with Gasteiger partial charge in [-0.15, -0.1) is 11.3 Å². The highest BCUT2D eigenvalue weighted by Crippen LogP contribution is 2.50. The van der Waals surface area contributed by atoms with Crippen LogP contribution in [-0.2, 0) is 11.6 Å². The molecule has 1 aliphatic rings. The predicted octanol–water partition coefficient (Wildman–Crippen LogP) is 3.21. The molecule has 0 atom stereocenters. The van der Waals surface area contributed by atoms with Crippen molar-refractivity contribution in [2.24, 2.45) is 0 Å². The largest absolute Gasteiger partial charge is 0.427 e. The van der Waals surface area contributed by atoms with E-state index < -0.39 is 11.1 Å². The first kappa shape index (κ1) is 8.99. The molecule has 0 saturated heterocycles. The van der Waals surface area contributed by atoms with E-state index in [9.17, 15) is 13.2 Å². The van der Waals surface area contributed by atoms with Gasteiger partial charge in [-0.3, -0.25) is 0 Å². The lowest BCUT2D eigenvalue weighted by Crippen LogP contribution is -2.01. The summed E-state index contributed by atoms with van der Waals surface area (Å²) >= 11 is 0.773. The number of rotatable bonds is 1. The zero-order valence-corrected chi connectivity index (χ0v) is 7.80. The highest BCUT2D eigenvalue weighted by atomic mass is 32.1. The van der Waals surface area contributed by atoms with Crippen molar-refractivity contribution < 1.29 is 13.2 Å². The van der Waals surface area contributed by atoms with Crippen molar-refractivity contribution in [1.29, 1.82) is 0 Å². The van der Waals surface area contributed by atoms with Crippen LogP contribution >= 0.6 is 11.3 Å². The molecule has 1 heterocycles. The normalized spacial score (nSPS) is 20.3. The Morgan fingerprint density at radius 1 is 1.46 bits per heavy atom. The summed E-state index contributed by atoms with van der Waals surface area (Å²) in [6.07, 6.45) is -1.39. The fourth-order valence-corrected chi connectivity index (χ4v) is 2.07. The number of hydrogen-bond acceptors (Lipinski definition) is 2. The van der Waals surface area contributed by atoms with Crippen LogP contribution in [0.5, 0.6) is 0 Å². The van der Waals surface area contributed by atoms with Crippen LogP contribution in [0.2, 0.25) is 0 Å². The maximum Gasteiger partial charge on any atom is 0.427 e. The van der Waals surface area contributed by atoms with Crippen molar-refractivity contribution in [3.05, 3.63) is 16.1 Å². The first-order valence-electron chi connectivity index (χ1n) is 3.95. The summed E-state index contributed by atoms with van der Waals surface area (Å²) < 4.78 is 36.5. The molecule has 0 aliphatic heterocycles. The highest BCUT2D eigenvalue weighted by molar-refractivity contribution is 7.11. The van der Waals surface area contributed by atoms with Crippen LogP contribution in [0, 0.1) is 0 Å². The molecule has 0 bridgehead atoms. The van der Waals surface area contributed by atoms with E-state index in [2.05, 4.69) is 4.98 Å². The second kappa shape index (κ2) is 2.47. The van der Waals surface area contributed by atoms with Gasteiger partial charge in [0.25, 0.3) is 0 Å². The van der Waals surface area contributed by atoms with Crippen molar-refractivity contribution in [2.75, 3.05) is 0 Å². The van der Waals surface area contributed by atoms with E-state index in [0.717, 1.165) is 30.4 Å². The Kier molecular flexibility index (Phi) is 1.71. The van der Waals surface area contributed by atoms with E-state index in [4.69, 9.17) is 0 Å². The predicted molar refractivity (Wildman–Crippen MR) is 43.7 cm³/mol. The molecule has 5 heteroatoms. The van der Waals surface area contributed by atoms with Gasteiger partial charge in [0.05, 0.1) is 11.2 Å². The quantitative estimate of drug-likeness (QED) is 0.689. The molecule has 1 aromatic rings. The zero-order valence-electron chi connectivity index (χ0n) is 6.98. The van der Waals surface area contributed by atoms with E-state index in [1.54, 1.807) is 0 Å². The van der Waals surface area contributed by atoms with Gasteiger partial charge in [-0.2, -0.15) is 13.2 Å². The fraction of sp³-hybridized carbons (Fsp3) is 0.625. The Hall–Kier alpha value is -0.580. The highest BCUT2D eigenvalue weighted by Gasteiger charge is 2.44. The minimum atomic E-state index is -4.23. The first-order chi connectivity index (χ1) is 5.92. The van der Waals surface area contributed by atoms with E-state index in [1.807, 2.05) is 6.92 Å². The van der Waals surface area contributed by atoms with Crippen molar-refractivity contribution in [2.45, 2.75) is 31.4 Å². The standard InChI is InChI=1S/C8H8F3NS/c1-7(2-3-7)6-12-4-5(13-6)8(9,10)11/h4H,2-3H2,1H3. The average molecular weight is 207 g/mol. The van der Waals surface area contributed by atoms with Crippen molar-refractivity contribution in [3.63, 3.8) is 0 Å². The van der Waals surface area contributed by atoms with Crippen LogP contribution in [0.1, 0.15) is 29.7 Å². The van der Waals surface area contributed by atoms with Crippen LogP contribution < -0.4 is 0 Å². The summed E-state index contributed by atoms with van der Waals surface area (Å²) in [6.45, 7) is 1.95. The van der Waals surface area contributed by atoms with Crippen LogP contribution in [0.3, 0.4) is 0 Å². The summed E-state index contributed by atoms with van der Waals surface area (Å²) in [5.74, 6) is 0. The minimum absolute atomic E-state index is 0.0613. The number of nitrogens with zero attached hydrogens (tertiary/aromatic N) is 1. The molecule has 1 aliphatic carbocycles. The lowest BCUT2D eigenvalue weighted by atomic mass is 10.2. The van der Waals surface area contributed by atoms with Gasteiger partial charge in [0.1, 0.15) is 4.88 Å². The summed E-state index contributed by atoms with van der Waals surface area (Å²) in [7, 11) is 0. The first-order valence-corrected chi connectivity index (χ1v) is 4.77. The van der Waals surface area contributed by atoms with Gasteiger partial charge in [-0.05, 0) is 12.8 Å². The van der Waals surface area contributed by atoms with E-state index in [1.165, 1.54) is 0 Å². The molecule has 1 nitrogen and oxygen atoms in total. The molecule has 1 fully saturated rings. The van der Waals surface area contributed by atoms with Gasteiger partial charge < -0.3 is 0 Å². The van der Waals surface area contributed by atoms with Crippen molar-refractivity contribution >= 4 is 11.3 Å². The van der Waals surface area contributed by atoms with Crippen LogP contribution in [0.4, 0.5) is 13.2 Å². The summed E-state index contributed by atoms with van der Waals surface area (Å²) in [4.78, 5) is 3.23. The molecule has 72 valence electrons. The topological polar surface area (TPSA) is 12.9 Å². The number of alkyl halides is 3. The lowest BCUT2D eigenvalue weighted by molar-refractivity contribution is -0.134. The van der Waals surface area contributed by atoms with E-state index in [-0.39, 0.29) is 5.41 Å².